The average Bonchev–Trinajstić information content (AvgIpc) is 2.47. The predicted molar refractivity (Wildman–Crippen MR) is 67.8 cm³/mol. The van der Waals surface area contributed by atoms with Crippen molar-refractivity contribution in [2.24, 2.45) is 5.73 Å². The van der Waals surface area contributed by atoms with Crippen LogP contribution in [0, 0.1) is 5.95 Å². The quantitative estimate of drug-likeness (QED) is 0.629. The van der Waals surface area contributed by atoms with Crippen LogP contribution in [0.25, 0.3) is 0 Å². The van der Waals surface area contributed by atoms with E-state index >= 15 is 0 Å². The minimum Gasteiger partial charge on any atom is -0.399 e. The van der Waals surface area contributed by atoms with Gasteiger partial charge in [0, 0.05) is 12.0 Å². The number of hydrogen-bond donors (Lipinski definition) is 1. The molecule has 1 fully saturated rings. The zero-order valence-corrected chi connectivity index (χ0v) is 11.2. The fourth-order valence-corrected chi connectivity index (χ4v) is 1.74. The van der Waals surface area contributed by atoms with Gasteiger partial charge in [-0.05, 0) is 33.8 Å². The highest BCUT2D eigenvalue weighted by Crippen LogP contribution is 2.36. The van der Waals surface area contributed by atoms with Crippen LogP contribution in [-0.2, 0) is 15.9 Å². The molecule has 1 aliphatic heterocycles. The fraction of sp³-hybridized carbons (Fsp3) is 0.583. The smallest absolute Gasteiger partial charge is 0.399 e. The van der Waals surface area contributed by atoms with Crippen molar-refractivity contribution in [2.45, 2.75) is 45.4 Å². The Labute approximate surface area is 107 Å². The summed E-state index contributed by atoms with van der Waals surface area (Å²) in [5.74, 6) is -0.587. The predicted octanol–water partition coefficient (Wildman–Crippen LogP) is 0.979. The standard InChI is InChI=1S/C12H18BFN2O2/c1-11(2)12(3,4)18-13(17-11)9-6-5-8(7-15)16-10(9)14/h5-6H,7,15H2,1-4H3. The Balaban J connectivity index is 2.30. The molecular formula is C12H18BFN2O2. The molecular weight excluding hydrogens is 234 g/mol. The number of halogens is 1. The van der Waals surface area contributed by atoms with Crippen molar-refractivity contribution < 1.29 is 13.7 Å². The lowest BCUT2D eigenvalue weighted by molar-refractivity contribution is 0.00578. The van der Waals surface area contributed by atoms with E-state index in [-0.39, 0.29) is 6.54 Å². The van der Waals surface area contributed by atoms with Crippen molar-refractivity contribution in [1.29, 1.82) is 0 Å². The summed E-state index contributed by atoms with van der Waals surface area (Å²) in [6.07, 6.45) is 0. The minimum absolute atomic E-state index is 0.209. The summed E-state index contributed by atoms with van der Waals surface area (Å²) in [4.78, 5) is 3.78. The maximum Gasteiger partial charge on any atom is 0.499 e. The Kier molecular flexibility index (Phi) is 3.21. The maximum atomic E-state index is 13.9. The van der Waals surface area contributed by atoms with Crippen LogP contribution in [0.3, 0.4) is 0 Å². The van der Waals surface area contributed by atoms with Gasteiger partial charge in [-0.2, -0.15) is 4.39 Å². The molecule has 1 aromatic rings. The molecule has 2 heterocycles. The number of hydrogen-bond acceptors (Lipinski definition) is 4. The van der Waals surface area contributed by atoms with Crippen LogP contribution >= 0.6 is 0 Å². The van der Waals surface area contributed by atoms with Gasteiger partial charge in [0.25, 0.3) is 0 Å². The second kappa shape index (κ2) is 4.29. The van der Waals surface area contributed by atoms with Gasteiger partial charge in [-0.25, -0.2) is 4.98 Å². The van der Waals surface area contributed by atoms with Gasteiger partial charge in [-0.1, -0.05) is 6.07 Å². The van der Waals surface area contributed by atoms with Crippen molar-refractivity contribution in [1.82, 2.24) is 4.98 Å². The first-order valence-corrected chi connectivity index (χ1v) is 5.98. The lowest BCUT2D eigenvalue weighted by Crippen LogP contribution is -2.41. The van der Waals surface area contributed by atoms with Crippen LogP contribution in [0.5, 0.6) is 0 Å². The number of nitrogens with two attached hydrogens (primary N) is 1. The van der Waals surface area contributed by atoms with E-state index in [4.69, 9.17) is 15.0 Å². The van der Waals surface area contributed by atoms with Gasteiger partial charge >= 0.3 is 7.12 Å². The van der Waals surface area contributed by atoms with E-state index in [0.717, 1.165) is 0 Å². The van der Waals surface area contributed by atoms with Gasteiger partial charge in [0.1, 0.15) is 0 Å². The highest BCUT2D eigenvalue weighted by Gasteiger charge is 2.52. The lowest BCUT2D eigenvalue weighted by atomic mass is 9.80. The summed E-state index contributed by atoms with van der Waals surface area (Å²) >= 11 is 0. The van der Waals surface area contributed by atoms with Crippen LogP contribution in [-0.4, -0.2) is 23.3 Å². The van der Waals surface area contributed by atoms with E-state index in [1.165, 1.54) is 0 Å². The van der Waals surface area contributed by atoms with Gasteiger partial charge < -0.3 is 15.0 Å². The fourth-order valence-electron chi connectivity index (χ4n) is 1.74. The van der Waals surface area contributed by atoms with Crippen LogP contribution in [0.1, 0.15) is 33.4 Å². The number of rotatable bonds is 2. The molecule has 98 valence electrons. The summed E-state index contributed by atoms with van der Waals surface area (Å²) in [6.45, 7) is 7.90. The Morgan fingerprint density at radius 2 is 1.78 bits per heavy atom. The molecule has 6 heteroatoms. The molecule has 0 amide bonds. The molecule has 2 N–H and O–H groups in total. The number of nitrogens with zero attached hydrogens (tertiary/aromatic N) is 1. The molecule has 0 saturated carbocycles. The van der Waals surface area contributed by atoms with Crippen LogP contribution in [0.15, 0.2) is 12.1 Å². The highest BCUT2D eigenvalue weighted by molar-refractivity contribution is 6.62. The zero-order valence-electron chi connectivity index (χ0n) is 11.2. The maximum absolute atomic E-state index is 13.9. The zero-order chi connectivity index (χ0) is 13.6. The van der Waals surface area contributed by atoms with Crippen LogP contribution < -0.4 is 11.2 Å². The largest absolute Gasteiger partial charge is 0.499 e. The van der Waals surface area contributed by atoms with E-state index in [0.29, 0.717) is 11.2 Å². The lowest BCUT2D eigenvalue weighted by Gasteiger charge is -2.32. The van der Waals surface area contributed by atoms with Crippen molar-refractivity contribution in [3.63, 3.8) is 0 Å². The van der Waals surface area contributed by atoms with E-state index in [1.54, 1.807) is 12.1 Å². The molecule has 0 bridgehead atoms. The summed E-state index contributed by atoms with van der Waals surface area (Å²) in [5.41, 5.74) is 5.26. The van der Waals surface area contributed by atoms with Gasteiger partial charge in [-0.15, -0.1) is 0 Å². The molecule has 1 aromatic heterocycles. The monoisotopic (exact) mass is 252 g/mol. The van der Waals surface area contributed by atoms with Crippen molar-refractivity contribution in [3.8, 4) is 0 Å². The Morgan fingerprint density at radius 1 is 1.22 bits per heavy atom. The molecule has 0 atom stereocenters. The molecule has 18 heavy (non-hydrogen) atoms. The average molecular weight is 252 g/mol. The molecule has 1 aliphatic rings. The van der Waals surface area contributed by atoms with E-state index in [1.807, 2.05) is 27.7 Å². The third-order valence-corrected chi connectivity index (χ3v) is 3.65. The van der Waals surface area contributed by atoms with Gasteiger partial charge in [-0.3, -0.25) is 0 Å². The van der Waals surface area contributed by atoms with Crippen molar-refractivity contribution >= 4 is 12.6 Å². The van der Waals surface area contributed by atoms with Crippen LogP contribution in [0.4, 0.5) is 4.39 Å². The summed E-state index contributed by atoms with van der Waals surface area (Å²) in [5, 5.41) is 0. The second-order valence-corrected chi connectivity index (χ2v) is 5.48. The Bertz CT molecular complexity index is 449. The third kappa shape index (κ3) is 2.16. The molecule has 0 radical (unpaired) electrons. The second-order valence-electron chi connectivity index (χ2n) is 5.48. The normalized spacial score (nSPS) is 21.3. The molecule has 0 unspecified atom stereocenters. The summed E-state index contributed by atoms with van der Waals surface area (Å²) < 4.78 is 25.4. The van der Waals surface area contributed by atoms with Crippen LogP contribution in [0.2, 0.25) is 0 Å². The van der Waals surface area contributed by atoms with Gasteiger partial charge in [0.2, 0.25) is 5.95 Å². The molecule has 1 saturated heterocycles. The topological polar surface area (TPSA) is 57.4 Å². The van der Waals surface area contributed by atoms with Crippen molar-refractivity contribution in [3.05, 3.63) is 23.8 Å². The molecule has 0 spiro atoms. The first-order chi connectivity index (χ1) is 8.27. The van der Waals surface area contributed by atoms with Crippen molar-refractivity contribution in [2.75, 3.05) is 0 Å². The van der Waals surface area contributed by atoms with E-state index in [2.05, 4.69) is 4.98 Å². The third-order valence-electron chi connectivity index (χ3n) is 3.65. The SMILES string of the molecule is CC1(C)OB(c2ccc(CN)nc2F)OC1(C)C. The molecule has 4 nitrogen and oxygen atoms in total. The van der Waals surface area contributed by atoms with Gasteiger partial charge in [0.15, 0.2) is 0 Å². The summed E-state index contributed by atoms with van der Waals surface area (Å²) in [7, 11) is -0.727. The van der Waals surface area contributed by atoms with Gasteiger partial charge in [0.05, 0.1) is 16.9 Å². The molecule has 2 rings (SSSR count). The molecule has 0 aliphatic carbocycles. The highest BCUT2D eigenvalue weighted by atomic mass is 19.1. The first kappa shape index (κ1) is 13.5. The Hall–Kier alpha value is -0.975. The van der Waals surface area contributed by atoms with E-state index in [9.17, 15) is 4.39 Å². The van der Waals surface area contributed by atoms with E-state index < -0.39 is 24.3 Å². The number of pyridine rings is 1. The summed E-state index contributed by atoms with van der Waals surface area (Å²) in [6, 6.07) is 3.30. The first-order valence-electron chi connectivity index (χ1n) is 5.98. The minimum atomic E-state index is -0.727. The molecule has 0 aromatic carbocycles. The number of aromatic nitrogens is 1. The Morgan fingerprint density at radius 3 is 2.22 bits per heavy atom.